The van der Waals surface area contributed by atoms with Crippen molar-refractivity contribution in [2.24, 2.45) is 0 Å². The van der Waals surface area contributed by atoms with Crippen LogP contribution in [0.5, 0.6) is 0 Å². The van der Waals surface area contributed by atoms with E-state index >= 15 is 0 Å². The van der Waals surface area contributed by atoms with Gasteiger partial charge in [0, 0.05) is 24.6 Å². The summed E-state index contributed by atoms with van der Waals surface area (Å²) in [5.74, 6) is 0. The molecule has 5 heteroatoms. The Bertz CT molecular complexity index is 614. The van der Waals surface area contributed by atoms with Crippen molar-refractivity contribution in [3.63, 3.8) is 0 Å². The van der Waals surface area contributed by atoms with Crippen LogP contribution in [0.15, 0.2) is 52.3 Å². The first-order valence-electron chi connectivity index (χ1n) is 5.22. The lowest BCUT2D eigenvalue weighted by atomic mass is 10.3. The number of rotatable bonds is 3. The van der Waals surface area contributed by atoms with Gasteiger partial charge in [0.15, 0.2) is 0 Å². The van der Waals surface area contributed by atoms with Crippen LogP contribution < -0.4 is 11.1 Å². The molecule has 2 aromatic rings. The summed E-state index contributed by atoms with van der Waals surface area (Å²) in [6.07, 6.45) is 3.02. The largest absolute Gasteiger partial charge is 0.395 e. The Hall–Kier alpha value is -2.14. The van der Waals surface area contributed by atoms with Gasteiger partial charge >= 0.3 is 11.1 Å². The van der Waals surface area contributed by atoms with Crippen molar-refractivity contribution < 1.29 is 5.11 Å². The molecule has 0 aliphatic rings. The standard InChI is InChI=1S/C12H12N2O3/c15-9-8-13-6-7-14(12(17)11(13)16)10-4-2-1-3-5-10/h1-7,15H,8-9H2. The van der Waals surface area contributed by atoms with Crippen LogP contribution >= 0.6 is 0 Å². The summed E-state index contributed by atoms with van der Waals surface area (Å²) >= 11 is 0. The quantitative estimate of drug-likeness (QED) is 0.757. The van der Waals surface area contributed by atoms with E-state index in [1.54, 1.807) is 24.3 Å². The summed E-state index contributed by atoms with van der Waals surface area (Å²) in [7, 11) is 0. The first kappa shape index (κ1) is 11.3. The average Bonchev–Trinajstić information content (AvgIpc) is 2.36. The maximum atomic E-state index is 11.8. The second-order valence-electron chi connectivity index (χ2n) is 3.53. The second-order valence-corrected chi connectivity index (χ2v) is 3.53. The molecule has 1 heterocycles. The van der Waals surface area contributed by atoms with E-state index in [1.165, 1.54) is 21.5 Å². The molecule has 0 radical (unpaired) electrons. The minimum atomic E-state index is -0.634. The maximum Gasteiger partial charge on any atom is 0.320 e. The highest BCUT2D eigenvalue weighted by Gasteiger charge is 2.05. The molecular formula is C12H12N2O3. The lowest BCUT2D eigenvalue weighted by Gasteiger charge is -2.07. The van der Waals surface area contributed by atoms with Gasteiger partial charge in [0.25, 0.3) is 0 Å². The van der Waals surface area contributed by atoms with E-state index < -0.39 is 11.1 Å². The number of aliphatic hydroxyl groups excluding tert-OH is 1. The lowest BCUT2D eigenvalue weighted by molar-refractivity contribution is 0.273. The monoisotopic (exact) mass is 232 g/mol. The Morgan fingerprint density at radius 1 is 1.00 bits per heavy atom. The number of hydrogen-bond acceptors (Lipinski definition) is 3. The number of nitrogens with zero attached hydrogens (tertiary/aromatic N) is 2. The molecule has 0 spiro atoms. The van der Waals surface area contributed by atoms with Crippen molar-refractivity contribution in [2.75, 3.05) is 6.61 Å². The lowest BCUT2D eigenvalue weighted by Crippen LogP contribution is -2.40. The third-order valence-corrected chi connectivity index (χ3v) is 2.43. The van der Waals surface area contributed by atoms with Crippen LogP contribution in [-0.4, -0.2) is 20.8 Å². The minimum absolute atomic E-state index is 0.129. The van der Waals surface area contributed by atoms with Crippen molar-refractivity contribution in [1.29, 1.82) is 0 Å². The Kier molecular flexibility index (Phi) is 3.20. The first-order chi connectivity index (χ1) is 8.24. The molecule has 0 saturated carbocycles. The third kappa shape index (κ3) is 2.19. The van der Waals surface area contributed by atoms with Crippen LogP contribution in [0.25, 0.3) is 5.69 Å². The minimum Gasteiger partial charge on any atom is -0.395 e. The molecule has 1 N–H and O–H groups in total. The van der Waals surface area contributed by atoms with Crippen molar-refractivity contribution in [2.45, 2.75) is 6.54 Å². The predicted molar refractivity (Wildman–Crippen MR) is 63.4 cm³/mol. The fraction of sp³-hybridized carbons (Fsp3) is 0.167. The van der Waals surface area contributed by atoms with Crippen molar-refractivity contribution in [3.05, 3.63) is 63.4 Å². The van der Waals surface area contributed by atoms with E-state index in [2.05, 4.69) is 0 Å². The molecule has 0 atom stereocenters. The van der Waals surface area contributed by atoms with Gasteiger partial charge in [-0.2, -0.15) is 0 Å². The Balaban J connectivity index is 2.56. The van der Waals surface area contributed by atoms with Gasteiger partial charge < -0.3 is 9.67 Å². The topological polar surface area (TPSA) is 64.2 Å². The van der Waals surface area contributed by atoms with Crippen LogP contribution in [0.1, 0.15) is 0 Å². The fourth-order valence-corrected chi connectivity index (χ4v) is 1.58. The van der Waals surface area contributed by atoms with E-state index in [-0.39, 0.29) is 13.2 Å². The number of para-hydroxylation sites is 1. The van der Waals surface area contributed by atoms with E-state index in [1.807, 2.05) is 6.07 Å². The zero-order valence-electron chi connectivity index (χ0n) is 9.11. The Morgan fingerprint density at radius 3 is 2.35 bits per heavy atom. The van der Waals surface area contributed by atoms with Crippen LogP contribution in [0.3, 0.4) is 0 Å². The molecular weight excluding hydrogens is 220 g/mol. The zero-order chi connectivity index (χ0) is 12.3. The maximum absolute atomic E-state index is 11.8. The third-order valence-electron chi connectivity index (χ3n) is 2.43. The molecule has 17 heavy (non-hydrogen) atoms. The normalized spacial score (nSPS) is 10.4. The number of aliphatic hydroxyl groups is 1. The summed E-state index contributed by atoms with van der Waals surface area (Å²) in [5.41, 5.74) is -0.608. The number of benzene rings is 1. The van der Waals surface area contributed by atoms with E-state index in [0.717, 1.165) is 0 Å². The molecule has 0 amide bonds. The molecule has 2 rings (SSSR count). The van der Waals surface area contributed by atoms with Gasteiger partial charge in [-0.3, -0.25) is 14.2 Å². The molecule has 0 saturated heterocycles. The van der Waals surface area contributed by atoms with Gasteiger partial charge in [0.2, 0.25) is 0 Å². The van der Waals surface area contributed by atoms with Crippen LogP contribution in [0.2, 0.25) is 0 Å². The smallest absolute Gasteiger partial charge is 0.320 e. The van der Waals surface area contributed by atoms with Crippen LogP contribution in [0.4, 0.5) is 0 Å². The molecule has 88 valence electrons. The van der Waals surface area contributed by atoms with Crippen molar-refractivity contribution in [1.82, 2.24) is 9.13 Å². The Morgan fingerprint density at radius 2 is 1.71 bits per heavy atom. The molecule has 1 aromatic carbocycles. The highest BCUT2D eigenvalue weighted by atomic mass is 16.3. The molecule has 0 unspecified atom stereocenters. The van der Waals surface area contributed by atoms with E-state index in [4.69, 9.17) is 5.11 Å². The van der Waals surface area contributed by atoms with Gasteiger partial charge in [0.05, 0.1) is 6.61 Å². The highest BCUT2D eigenvalue weighted by Crippen LogP contribution is 2.01. The summed E-state index contributed by atoms with van der Waals surface area (Å²) in [4.78, 5) is 23.5. The van der Waals surface area contributed by atoms with Crippen LogP contribution in [-0.2, 0) is 6.54 Å². The van der Waals surface area contributed by atoms with E-state index in [0.29, 0.717) is 5.69 Å². The van der Waals surface area contributed by atoms with Gasteiger partial charge in [0.1, 0.15) is 0 Å². The second kappa shape index (κ2) is 4.80. The molecule has 1 aromatic heterocycles. The summed E-state index contributed by atoms with van der Waals surface area (Å²) in [6, 6.07) is 8.91. The average molecular weight is 232 g/mol. The molecule has 0 bridgehead atoms. The molecule has 5 nitrogen and oxygen atoms in total. The molecule has 0 aliphatic heterocycles. The van der Waals surface area contributed by atoms with Crippen LogP contribution in [0, 0.1) is 0 Å². The van der Waals surface area contributed by atoms with E-state index in [9.17, 15) is 9.59 Å². The summed E-state index contributed by atoms with van der Waals surface area (Å²) in [5, 5.41) is 8.75. The number of aromatic nitrogens is 2. The summed E-state index contributed by atoms with van der Waals surface area (Å²) in [6.45, 7) is -0.0433. The SMILES string of the molecule is O=c1c(=O)n(-c2ccccc2)ccn1CCO. The van der Waals surface area contributed by atoms with Gasteiger partial charge in [-0.25, -0.2) is 0 Å². The highest BCUT2D eigenvalue weighted by molar-refractivity contribution is 5.30. The van der Waals surface area contributed by atoms with Crippen molar-refractivity contribution in [3.8, 4) is 5.69 Å². The molecule has 0 aliphatic carbocycles. The number of hydrogen-bond donors (Lipinski definition) is 1. The predicted octanol–water partition coefficient (Wildman–Crippen LogP) is -0.00850. The van der Waals surface area contributed by atoms with Gasteiger partial charge in [-0.1, -0.05) is 18.2 Å². The van der Waals surface area contributed by atoms with Gasteiger partial charge in [-0.15, -0.1) is 0 Å². The van der Waals surface area contributed by atoms with Gasteiger partial charge in [-0.05, 0) is 12.1 Å². The fourth-order valence-electron chi connectivity index (χ4n) is 1.58. The molecule has 0 fully saturated rings. The van der Waals surface area contributed by atoms with Crippen molar-refractivity contribution >= 4 is 0 Å². The zero-order valence-corrected chi connectivity index (χ0v) is 9.11. The summed E-state index contributed by atoms with van der Waals surface area (Å²) < 4.78 is 2.48. The first-order valence-corrected chi connectivity index (χ1v) is 5.22. The Labute approximate surface area is 97.2 Å².